The number of rotatable bonds is 6. The first kappa shape index (κ1) is 13.7. The Labute approximate surface area is 112 Å². The summed E-state index contributed by atoms with van der Waals surface area (Å²) < 4.78 is 27.9. The summed E-state index contributed by atoms with van der Waals surface area (Å²) in [5.41, 5.74) is 0. The van der Waals surface area contributed by atoms with Crippen molar-refractivity contribution in [3.05, 3.63) is 36.8 Å². The molecule has 0 saturated heterocycles. The number of hydrogen-bond donors (Lipinski definition) is 1. The van der Waals surface area contributed by atoms with Crippen molar-refractivity contribution in [3.63, 3.8) is 0 Å². The van der Waals surface area contributed by atoms with Gasteiger partial charge in [0.2, 0.25) is 10.0 Å². The lowest BCUT2D eigenvalue weighted by molar-refractivity contribution is 0.578. The monoisotopic (exact) mass is 280 g/mol. The molecule has 0 aromatic carbocycles. The van der Waals surface area contributed by atoms with Crippen molar-refractivity contribution in [3.8, 4) is 5.82 Å². The average molecular weight is 280 g/mol. The second-order valence-electron chi connectivity index (χ2n) is 4.06. The Hall–Kier alpha value is -1.73. The van der Waals surface area contributed by atoms with Gasteiger partial charge in [0.05, 0.1) is 12.4 Å². The van der Waals surface area contributed by atoms with Gasteiger partial charge >= 0.3 is 0 Å². The molecule has 0 unspecified atom stereocenters. The highest BCUT2D eigenvalue weighted by molar-refractivity contribution is 7.89. The first-order chi connectivity index (χ1) is 9.13. The van der Waals surface area contributed by atoms with E-state index in [4.69, 9.17) is 0 Å². The van der Waals surface area contributed by atoms with Crippen LogP contribution in [0.4, 0.5) is 0 Å². The minimum Gasteiger partial charge on any atom is -0.237 e. The summed E-state index contributed by atoms with van der Waals surface area (Å²) in [6.45, 7) is 2.45. The Morgan fingerprint density at radius 3 is 2.89 bits per heavy atom. The van der Waals surface area contributed by atoms with Crippen LogP contribution < -0.4 is 4.72 Å². The molecular weight excluding hydrogens is 264 g/mol. The second kappa shape index (κ2) is 5.94. The summed E-state index contributed by atoms with van der Waals surface area (Å²) in [6.07, 6.45) is 6.16. The van der Waals surface area contributed by atoms with Gasteiger partial charge in [0, 0.05) is 12.7 Å². The molecule has 0 spiro atoms. The number of unbranched alkanes of at least 4 members (excludes halogenated alkanes) is 1. The first-order valence-corrected chi connectivity index (χ1v) is 7.57. The highest BCUT2D eigenvalue weighted by atomic mass is 32.2. The molecule has 19 heavy (non-hydrogen) atoms. The highest BCUT2D eigenvalue weighted by Gasteiger charge is 2.16. The first-order valence-electron chi connectivity index (χ1n) is 6.09. The quantitative estimate of drug-likeness (QED) is 0.810. The fourth-order valence-corrected chi connectivity index (χ4v) is 2.53. The van der Waals surface area contributed by atoms with Crippen LogP contribution in [-0.2, 0) is 10.0 Å². The van der Waals surface area contributed by atoms with Crippen LogP contribution in [0.1, 0.15) is 19.8 Å². The maximum atomic E-state index is 12.0. The van der Waals surface area contributed by atoms with Gasteiger partial charge in [-0.1, -0.05) is 19.4 Å². The van der Waals surface area contributed by atoms with Gasteiger partial charge in [-0.25, -0.2) is 22.8 Å². The maximum Gasteiger partial charge on any atom is 0.243 e. The molecule has 2 heterocycles. The van der Waals surface area contributed by atoms with Crippen molar-refractivity contribution < 1.29 is 8.42 Å². The molecule has 102 valence electrons. The zero-order valence-corrected chi connectivity index (χ0v) is 11.5. The maximum absolute atomic E-state index is 12.0. The number of hydrogen-bond acceptors (Lipinski definition) is 4. The van der Waals surface area contributed by atoms with Gasteiger partial charge in [0.25, 0.3) is 0 Å². The number of nitrogens with zero attached hydrogens (tertiary/aromatic N) is 3. The zero-order chi connectivity index (χ0) is 13.7. The minimum absolute atomic E-state index is 0.147. The molecule has 0 radical (unpaired) electrons. The second-order valence-corrected chi connectivity index (χ2v) is 5.83. The Kier molecular flexibility index (Phi) is 4.28. The van der Waals surface area contributed by atoms with Crippen LogP contribution in [0.15, 0.2) is 41.7 Å². The number of nitrogens with one attached hydrogen (secondary N) is 1. The summed E-state index contributed by atoms with van der Waals surface area (Å²) in [7, 11) is -3.48. The number of sulfonamides is 1. The molecule has 0 saturated carbocycles. The third-order valence-corrected chi connectivity index (χ3v) is 3.99. The molecule has 0 bridgehead atoms. The summed E-state index contributed by atoms with van der Waals surface area (Å²) in [4.78, 5) is 4.25. The Morgan fingerprint density at radius 1 is 1.37 bits per heavy atom. The standard InChI is InChI=1S/C12H16N4O2S/c1-2-3-8-15-19(17,18)11-9-14-16(10-11)12-6-4-5-7-13-12/h4-7,9-10,15H,2-3,8H2,1H3. The average Bonchev–Trinajstić information content (AvgIpc) is 2.90. The zero-order valence-electron chi connectivity index (χ0n) is 10.7. The third-order valence-electron chi connectivity index (χ3n) is 2.58. The number of aromatic nitrogens is 3. The molecule has 2 aromatic heterocycles. The SMILES string of the molecule is CCCCNS(=O)(=O)c1cnn(-c2ccccn2)c1. The summed E-state index contributed by atoms with van der Waals surface area (Å²) in [5.74, 6) is 0.581. The van der Waals surface area contributed by atoms with Crippen LogP contribution in [0.5, 0.6) is 0 Å². The van der Waals surface area contributed by atoms with Crippen LogP contribution in [-0.4, -0.2) is 29.7 Å². The topological polar surface area (TPSA) is 76.9 Å². The van der Waals surface area contributed by atoms with E-state index in [-0.39, 0.29) is 4.90 Å². The van der Waals surface area contributed by atoms with Crippen molar-refractivity contribution in [1.29, 1.82) is 0 Å². The molecular formula is C12H16N4O2S. The van der Waals surface area contributed by atoms with Crippen LogP contribution in [0, 0.1) is 0 Å². The smallest absolute Gasteiger partial charge is 0.237 e. The van der Waals surface area contributed by atoms with E-state index in [0.717, 1.165) is 12.8 Å². The summed E-state index contributed by atoms with van der Waals surface area (Å²) in [6, 6.07) is 5.36. The van der Waals surface area contributed by atoms with Crippen LogP contribution in [0.25, 0.3) is 5.82 Å². The van der Waals surface area contributed by atoms with Crippen molar-refractivity contribution in [2.75, 3.05) is 6.54 Å². The normalized spacial score (nSPS) is 11.6. The van der Waals surface area contributed by atoms with Crippen LogP contribution in [0.2, 0.25) is 0 Å². The van der Waals surface area contributed by atoms with Gasteiger partial charge in [-0.2, -0.15) is 5.10 Å². The largest absolute Gasteiger partial charge is 0.243 e. The van der Waals surface area contributed by atoms with Crippen molar-refractivity contribution in [2.45, 2.75) is 24.7 Å². The molecule has 1 N–H and O–H groups in total. The van der Waals surface area contributed by atoms with E-state index in [9.17, 15) is 8.42 Å². The van der Waals surface area contributed by atoms with Crippen molar-refractivity contribution in [2.24, 2.45) is 0 Å². The van der Waals surface area contributed by atoms with E-state index >= 15 is 0 Å². The summed E-state index contributed by atoms with van der Waals surface area (Å²) >= 11 is 0. The fraction of sp³-hybridized carbons (Fsp3) is 0.333. The Morgan fingerprint density at radius 2 is 2.21 bits per heavy atom. The molecule has 0 aliphatic heterocycles. The minimum atomic E-state index is -3.48. The van der Waals surface area contributed by atoms with E-state index in [1.807, 2.05) is 13.0 Å². The Balaban J connectivity index is 2.17. The molecule has 0 atom stereocenters. The number of pyridine rings is 1. The molecule has 0 amide bonds. The van der Waals surface area contributed by atoms with Crippen molar-refractivity contribution in [1.82, 2.24) is 19.5 Å². The van der Waals surface area contributed by atoms with E-state index in [2.05, 4.69) is 14.8 Å². The van der Waals surface area contributed by atoms with Gasteiger partial charge in [-0.3, -0.25) is 0 Å². The lowest BCUT2D eigenvalue weighted by Crippen LogP contribution is -2.24. The van der Waals surface area contributed by atoms with Crippen molar-refractivity contribution >= 4 is 10.0 Å². The van der Waals surface area contributed by atoms with Gasteiger partial charge in [-0.15, -0.1) is 0 Å². The van der Waals surface area contributed by atoms with E-state index in [1.54, 1.807) is 18.3 Å². The Bertz CT molecular complexity index is 622. The lowest BCUT2D eigenvalue weighted by atomic mass is 10.3. The van der Waals surface area contributed by atoms with E-state index < -0.39 is 10.0 Å². The predicted octanol–water partition coefficient (Wildman–Crippen LogP) is 1.35. The molecule has 6 nitrogen and oxygen atoms in total. The van der Waals surface area contributed by atoms with Gasteiger partial charge < -0.3 is 0 Å². The summed E-state index contributed by atoms with van der Waals surface area (Å²) in [5, 5.41) is 4.02. The van der Waals surface area contributed by atoms with Crippen LogP contribution in [0.3, 0.4) is 0 Å². The van der Waals surface area contributed by atoms with Gasteiger partial charge in [0.15, 0.2) is 5.82 Å². The molecule has 7 heteroatoms. The van der Waals surface area contributed by atoms with E-state index in [0.29, 0.717) is 12.4 Å². The van der Waals surface area contributed by atoms with Crippen LogP contribution >= 0.6 is 0 Å². The lowest BCUT2D eigenvalue weighted by Gasteiger charge is -2.02. The predicted molar refractivity (Wildman–Crippen MR) is 71.5 cm³/mol. The molecule has 2 rings (SSSR count). The van der Waals surface area contributed by atoms with Gasteiger partial charge in [0.1, 0.15) is 4.90 Å². The molecule has 0 fully saturated rings. The molecule has 2 aromatic rings. The van der Waals surface area contributed by atoms with Gasteiger partial charge in [-0.05, 0) is 18.6 Å². The van der Waals surface area contributed by atoms with E-state index in [1.165, 1.54) is 17.1 Å². The highest BCUT2D eigenvalue weighted by Crippen LogP contribution is 2.10. The molecule has 0 aliphatic carbocycles. The molecule has 0 aliphatic rings. The third kappa shape index (κ3) is 3.39. The fourth-order valence-electron chi connectivity index (χ4n) is 1.53.